The third kappa shape index (κ3) is 5.33. The molecule has 0 spiro atoms. The summed E-state index contributed by atoms with van der Waals surface area (Å²) < 4.78 is 20.3. The highest BCUT2D eigenvalue weighted by Crippen LogP contribution is 2.19. The standard InChI is InChI=1S/C10H15ClN4O7S/c11-15-6(10(20)21)1-2-7(16)14-5(4-23(15,12)22)9(19)13-3-8(17)18/h5-6,12H,1-4H2,(H,13,19)(H,14,16)(H,17,18)(H,20,21). The molecule has 13 heteroatoms. The van der Waals surface area contributed by atoms with E-state index in [-0.39, 0.29) is 12.8 Å². The Morgan fingerprint density at radius 3 is 2.57 bits per heavy atom. The summed E-state index contributed by atoms with van der Waals surface area (Å²) in [4.78, 5) is 45.1. The molecule has 0 aliphatic carbocycles. The molecule has 5 N–H and O–H groups in total. The summed E-state index contributed by atoms with van der Waals surface area (Å²) in [5.74, 6) is -5.23. The molecule has 1 fully saturated rings. The van der Waals surface area contributed by atoms with E-state index in [1.165, 1.54) is 0 Å². The number of carboxylic acids is 2. The van der Waals surface area contributed by atoms with Crippen molar-refractivity contribution < 1.29 is 33.6 Å². The Kier molecular flexibility index (Phi) is 6.29. The van der Waals surface area contributed by atoms with Gasteiger partial charge in [-0.3, -0.25) is 19.2 Å². The molecule has 1 heterocycles. The smallest absolute Gasteiger partial charge is 0.323 e. The van der Waals surface area contributed by atoms with Gasteiger partial charge in [0.15, 0.2) is 0 Å². The lowest BCUT2D eigenvalue weighted by molar-refractivity contribution is -0.140. The largest absolute Gasteiger partial charge is 0.480 e. The van der Waals surface area contributed by atoms with Crippen LogP contribution >= 0.6 is 11.8 Å². The highest BCUT2D eigenvalue weighted by molar-refractivity contribution is 7.91. The Labute approximate surface area is 136 Å². The number of hydrogen-bond donors (Lipinski definition) is 5. The topological polar surface area (TPSA) is 177 Å². The first-order chi connectivity index (χ1) is 10.5. The van der Waals surface area contributed by atoms with Gasteiger partial charge in [0.05, 0.1) is 5.75 Å². The second-order valence-corrected chi connectivity index (χ2v) is 7.28. The van der Waals surface area contributed by atoms with Gasteiger partial charge in [0.25, 0.3) is 0 Å². The number of carboxylic acid groups (broad SMARTS) is 2. The number of nitrogens with one attached hydrogen (secondary N) is 3. The highest BCUT2D eigenvalue weighted by atomic mass is 35.5. The molecule has 130 valence electrons. The van der Waals surface area contributed by atoms with Gasteiger partial charge in [-0.1, -0.05) is 0 Å². The van der Waals surface area contributed by atoms with Crippen LogP contribution in [0.2, 0.25) is 0 Å². The minimum absolute atomic E-state index is 0.299. The summed E-state index contributed by atoms with van der Waals surface area (Å²) in [5.41, 5.74) is 0. The molecule has 1 saturated heterocycles. The molecule has 1 aliphatic rings. The van der Waals surface area contributed by atoms with Gasteiger partial charge < -0.3 is 20.8 Å². The highest BCUT2D eigenvalue weighted by Gasteiger charge is 2.37. The number of nitrogens with zero attached hydrogens (tertiary/aromatic N) is 1. The van der Waals surface area contributed by atoms with Crippen LogP contribution in [-0.2, 0) is 29.1 Å². The Bertz CT molecular complexity index is 623. The molecule has 1 rings (SSSR count). The molecule has 0 radical (unpaired) electrons. The molecule has 11 nitrogen and oxygen atoms in total. The van der Waals surface area contributed by atoms with Crippen LogP contribution in [0.25, 0.3) is 0 Å². The van der Waals surface area contributed by atoms with Gasteiger partial charge in [0.2, 0.25) is 11.8 Å². The summed E-state index contributed by atoms with van der Waals surface area (Å²) in [6.07, 6.45) is -0.623. The number of amides is 2. The van der Waals surface area contributed by atoms with Gasteiger partial charge >= 0.3 is 11.9 Å². The van der Waals surface area contributed by atoms with E-state index in [4.69, 9.17) is 26.8 Å². The monoisotopic (exact) mass is 370 g/mol. The van der Waals surface area contributed by atoms with Crippen molar-refractivity contribution in [1.29, 1.82) is 4.78 Å². The molecular weight excluding hydrogens is 356 g/mol. The van der Waals surface area contributed by atoms with Crippen molar-refractivity contribution >= 4 is 45.4 Å². The van der Waals surface area contributed by atoms with E-state index in [1.807, 2.05) is 5.32 Å². The van der Waals surface area contributed by atoms with Crippen molar-refractivity contribution in [3.8, 4) is 0 Å². The van der Waals surface area contributed by atoms with Gasteiger partial charge in [-0.25, -0.2) is 8.99 Å². The van der Waals surface area contributed by atoms with Gasteiger partial charge in [-0.2, -0.15) is 0 Å². The van der Waals surface area contributed by atoms with Gasteiger partial charge in [0.1, 0.15) is 28.5 Å². The number of aliphatic carboxylic acids is 2. The summed E-state index contributed by atoms with van der Waals surface area (Å²) in [7, 11) is -3.90. The van der Waals surface area contributed by atoms with Crippen LogP contribution in [0.15, 0.2) is 0 Å². The van der Waals surface area contributed by atoms with Crippen LogP contribution in [0.3, 0.4) is 0 Å². The fourth-order valence-corrected chi connectivity index (χ4v) is 3.60. The van der Waals surface area contributed by atoms with Gasteiger partial charge in [0, 0.05) is 6.42 Å². The number of rotatable bonds is 4. The molecule has 0 aromatic rings. The summed E-state index contributed by atoms with van der Waals surface area (Å²) in [5, 5.41) is 21.7. The zero-order valence-corrected chi connectivity index (χ0v) is 13.2. The van der Waals surface area contributed by atoms with Crippen molar-refractivity contribution in [2.24, 2.45) is 0 Å². The number of halogens is 1. The summed E-state index contributed by atoms with van der Waals surface area (Å²) in [6.45, 7) is -0.729. The maximum atomic E-state index is 12.3. The normalized spacial score (nSPS) is 29.5. The zero-order chi connectivity index (χ0) is 17.8. The third-order valence-electron chi connectivity index (χ3n) is 2.91. The number of carbonyl (C=O) groups excluding carboxylic acids is 2. The third-order valence-corrected chi connectivity index (χ3v) is 5.42. The molecule has 3 unspecified atom stereocenters. The van der Waals surface area contributed by atoms with Crippen LogP contribution in [-0.4, -0.2) is 66.4 Å². The maximum Gasteiger partial charge on any atom is 0.323 e. The summed E-state index contributed by atoms with van der Waals surface area (Å²) >= 11 is 5.69. The Hall–Kier alpha value is -1.92. The first kappa shape index (κ1) is 19.1. The molecule has 0 aromatic carbocycles. The minimum Gasteiger partial charge on any atom is -0.480 e. The van der Waals surface area contributed by atoms with E-state index in [0.717, 1.165) is 0 Å². The summed E-state index contributed by atoms with van der Waals surface area (Å²) in [6, 6.07) is -3.01. The van der Waals surface area contributed by atoms with Gasteiger partial charge in [-0.05, 0) is 18.2 Å². The second-order valence-electron chi connectivity index (χ2n) is 4.70. The first-order valence-corrected chi connectivity index (χ1v) is 8.30. The van der Waals surface area contributed by atoms with E-state index in [1.54, 1.807) is 0 Å². The average molecular weight is 371 g/mol. The van der Waals surface area contributed by atoms with E-state index < -0.39 is 58.0 Å². The predicted octanol–water partition coefficient (Wildman–Crippen LogP) is -1.66. The average Bonchev–Trinajstić information content (AvgIpc) is 2.46. The Balaban J connectivity index is 3.04. The van der Waals surface area contributed by atoms with E-state index >= 15 is 0 Å². The fraction of sp³-hybridized carbons (Fsp3) is 0.600. The van der Waals surface area contributed by atoms with Crippen LogP contribution in [0.4, 0.5) is 0 Å². The zero-order valence-electron chi connectivity index (χ0n) is 11.7. The molecule has 2 amide bonds. The van der Waals surface area contributed by atoms with Gasteiger partial charge in [-0.15, -0.1) is 3.82 Å². The lowest BCUT2D eigenvalue weighted by Crippen LogP contribution is -2.51. The van der Waals surface area contributed by atoms with E-state index in [9.17, 15) is 23.4 Å². The second kappa shape index (κ2) is 7.57. The molecule has 0 aromatic heterocycles. The van der Waals surface area contributed by atoms with Crippen LogP contribution in [0.1, 0.15) is 12.8 Å². The van der Waals surface area contributed by atoms with Crippen molar-refractivity contribution in [3.05, 3.63) is 0 Å². The number of carbonyl (C=O) groups is 4. The fourth-order valence-electron chi connectivity index (χ4n) is 1.82. The van der Waals surface area contributed by atoms with Crippen molar-refractivity contribution in [2.45, 2.75) is 24.9 Å². The van der Waals surface area contributed by atoms with E-state index in [2.05, 4.69) is 5.32 Å². The number of hydrogen-bond acceptors (Lipinski definition) is 6. The Morgan fingerprint density at radius 1 is 1.43 bits per heavy atom. The molecule has 0 bridgehead atoms. The molecule has 3 atom stereocenters. The quantitative estimate of drug-likeness (QED) is 0.367. The van der Waals surface area contributed by atoms with Crippen LogP contribution < -0.4 is 10.6 Å². The maximum absolute atomic E-state index is 12.3. The van der Waals surface area contributed by atoms with Crippen LogP contribution in [0, 0.1) is 4.78 Å². The predicted molar refractivity (Wildman–Crippen MR) is 76.7 cm³/mol. The van der Waals surface area contributed by atoms with Crippen molar-refractivity contribution in [3.63, 3.8) is 0 Å². The van der Waals surface area contributed by atoms with E-state index in [0.29, 0.717) is 3.82 Å². The van der Waals surface area contributed by atoms with Crippen molar-refractivity contribution in [1.82, 2.24) is 14.5 Å². The minimum atomic E-state index is -3.90. The van der Waals surface area contributed by atoms with Crippen molar-refractivity contribution in [2.75, 3.05) is 12.3 Å². The SMILES string of the molecule is N=S1(=O)CC(C(=O)NCC(=O)O)NC(=O)CCC(C(=O)O)N1Cl. The molecule has 23 heavy (non-hydrogen) atoms. The van der Waals surface area contributed by atoms with Crippen LogP contribution in [0.5, 0.6) is 0 Å². The Morgan fingerprint density at radius 2 is 2.04 bits per heavy atom. The lowest BCUT2D eigenvalue weighted by Gasteiger charge is -2.24. The molecule has 1 aliphatic heterocycles. The molecule has 0 saturated carbocycles. The lowest BCUT2D eigenvalue weighted by atomic mass is 10.1. The first-order valence-electron chi connectivity index (χ1n) is 6.28. The molecular formula is C10H15ClN4O7S.